The smallest absolute Gasteiger partial charge is 0.246 e. The van der Waals surface area contributed by atoms with E-state index < -0.39 is 6.04 Å². The summed E-state index contributed by atoms with van der Waals surface area (Å²) < 4.78 is 0.183. The summed E-state index contributed by atoms with van der Waals surface area (Å²) in [4.78, 5) is 27.4. The maximum Gasteiger partial charge on any atom is 0.246 e. The maximum absolute atomic E-state index is 13.0. The lowest BCUT2D eigenvalue weighted by Crippen LogP contribution is -2.68. The van der Waals surface area contributed by atoms with Gasteiger partial charge in [-0.2, -0.15) is 11.8 Å². The predicted octanol–water partition coefficient (Wildman–Crippen LogP) is 2.28. The van der Waals surface area contributed by atoms with E-state index in [9.17, 15) is 9.59 Å². The molecule has 1 aliphatic heterocycles. The highest BCUT2D eigenvalue weighted by Crippen LogP contribution is 2.48. The van der Waals surface area contributed by atoms with Crippen LogP contribution >= 0.6 is 11.8 Å². The lowest BCUT2D eigenvalue weighted by atomic mass is 9.82. The van der Waals surface area contributed by atoms with Crippen LogP contribution in [-0.4, -0.2) is 46.3 Å². The van der Waals surface area contributed by atoms with Crippen molar-refractivity contribution in [1.82, 2.24) is 10.2 Å². The first-order chi connectivity index (χ1) is 9.61. The summed E-state index contributed by atoms with van der Waals surface area (Å²) in [6.45, 7) is 10.7. The van der Waals surface area contributed by atoms with Gasteiger partial charge in [0.05, 0.1) is 0 Å². The summed E-state index contributed by atoms with van der Waals surface area (Å²) >= 11 is 1.83. The van der Waals surface area contributed by atoms with Crippen molar-refractivity contribution >= 4 is 23.6 Å². The number of hydrogen-bond donors (Lipinski definition) is 1. The van der Waals surface area contributed by atoms with Crippen molar-refractivity contribution in [2.45, 2.75) is 64.3 Å². The molecule has 2 atom stereocenters. The van der Waals surface area contributed by atoms with Crippen LogP contribution in [-0.2, 0) is 9.59 Å². The molecule has 2 rings (SSSR count). The first-order valence-corrected chi connectivity index (χ1v) is 9.00. The molecule has 2 unspecified atom stereocenters. The van der Waals surface area contributed by atoms with Crippen LogP contribution in [0.2, 0.25) is 0 Å². The van der Waals surface area contributed by atoms with E-state index >= 15 is 0 Å². The largest absolute Gasteiger partial charge is 0.342 e. The summed E-state index contributed by atoms with van der Waals surface area (Å²) in [6.07, 6.45) is 4.39. The van der Waals surface area contributed by atoms with E-state index in [1.165, 1.54) is 0 Å². The summed E-state index contributed by atoms with van der Waals surface area (Å²) in [5.41, 5.74) is -0.261. The highest BCUT2D eigenvalue weighted by atomic mass is 32.2. The molecule has 0 radical (unpaired) electrons. The Kier molecular flexibility index (Phi) is 4.35. The van der Waals surface area contributed by atoms with Gasteiger partial charge in [-0.15, -0.1) is 0 Å². The van der Waals surface area contributed by atoms with Gasteiger partial charge in [-0.25, -0.2) is 0 Å². The molecule has 0 aromatic carbocycles. The topological polar surface area (TPSA) is 49.4 Å². The molecule has 1 aliphatic carbocycles. The Hall–Kier alpha value is -0.710. The standard InChI is InChI=1S/C16H28N2O2S/c1-10(2)11-13(19)17-12(15(3,4)5)14(20)18(11)9-16(21-6)7-8-16/h10-12H,7-9H2,1-6H3,(H,17,19). The number of piperazine rings is 1. The molecule has 0 spiro atoms. The number of nitrogens with zero attached hydrogens (tertiary/aromatic N) is 1. The van der Waals surface area contributed by atoms with Gasteiger partial charge in [0.1, 0.15) is 12.1 Å². The fraction of sp³-hybridized carbons (Fsp3) is 0.875. The average molecular weight is 312 g/mol. The summed E-state index contributed by atoms with van der Waals surface area (Å²) in [6, 6.07) is -0.751. The second kappa shape index (κ2) is 5.49. The maximum atomic E-state index is 13.0. The second-order valence-electron chi connectivity index (χ2n) is 7.85. The third-order valence-corrected chi connectivity index (χ3v) is 6.02. The van der Waals surface area contributed by atoms with Crippen molar-refractivity contribution in [2.24, 2.45) is 11.3 Å². The van der Waals surface area contributed by atoms with Crippen LogP contribution in [0, 0.1) is 11.3 Å². The minimum atomic E-state index is -0.419. The summed E-state index contributed by atoms with van der Waals surface area (Å²) in [5, 5.41) is 2.95. The Morgan fingerprint density at radius 2 is 1.90 bits per heavy atom. The SMILES string of the molecule is CSC1(CN2C(=O)C(C(C)(C)C)NC(=O)C2C(C)C)CC1. The Morgan fingerprint density at radius 3 is 2.29 bits per heavy atom. The molecule has 0 bridgehead atoms. The van der Waals surface area contributed by atoms with Crippen molar-refractivity contribution in [3.05, 3.63) is 0 Å². The molecule has 1 saturated heterocycles. The van der Waals surface area contributed by atoms with Crippen LogP contribution in [0.15, 0.2) is 0 Å². The van der Waals surface area contributed by atoms with Gasteiger partial charge in [0.25, 0.3) is 0 Å². The highest BCUT2D eigenvalue weighted by molar-refractivity contribution is 8.00. The van der Waals surface area contributed by atoms with Gasteiger partial charge in [-0.1, -0.05) is 34.6 Å². The number of rotatable bonds is 4. The van der Waals surface area contributed by atoms with Gasteiger partial charge in [0.2, 0.25) is 11.8 Å². The number of amides is 2. The molecular weight excluding hydrogens is 284 g/mol. The molecule has 120 valence electrons. The molecule has 2 amide bonds. The number of carbonyl (C=O) groups excluding carboxylic acids is 2. The molecule has 4 nitrogen and oxygen atoms in total. The van der Waals surface area contributed by atoms with Crippen molar-refractivity contribution < 1.29 is 9.59 Å². The fourth-order valence-electron chi connectivity index (χ4n) is 3.04. The van der Waals surface area contributed by atoms with E-state index in [0.29, 0.717) is 6.54 Å². The normalized spacial score (nSPS) is 28.8. The number of nitrogens with one attached hydrogen (secondary N) is 1. The van der Waals surface area contributed by atoms with Gasteiger partial charge in [-0.3, -0.25) is 9.59 Å². The number of carbonyl (C=O) groups is 2. The zero-order chi connectivity index (χ0) is 16.0. The van der Waals surface area contributed by atoms with Crippen molar-refractivity contribution in [2.75, 3.05) is 12.8 Å². The molecule has 2 fully saturated rings. The molecule has 1 N–H and O–H groups in total. The van der Waals surface area contributed by atoms with Crippen LogP contribution in [0.3, 0.4) is 0 Å². The van der Waals surface area contributed by atoms with E-state index in [1.54, 1.807) is 0 Å². The highest BCUT2D eigenvalue weighted by Gasteiger charge is 2.51. The van der Waals surface area contributed by atoms with Crippen molar-refractivity contribution in [3.8, 4) is 0 Å². The zero-order valence-electron chi connectivity index (χ0n) is 14.0. The summed E-state index contributed by atoms with van der Waals surface area (Å²) in [7, 11) is 0. The van der Waals surface area contributed by atoms with Gasteiger partial charge in [-0.05, 0) is 30.4 Å². The molecule has 0 aromatic rings. The fourth-order valence-corrected chi connectivity index (χ4v) is 3.81. The van der Waals surface area contributed by atoms with E-state index in [4.69, 9.17) is 0 Å². The average Bonchev–Trinajstić information content (AvgIpc) is 3.12. The number of hydrogen-bond acceptors (Lipinski definition) is 3. The quantitative estimate of drug-likeness (QED) is 0.866. The predicted molar refractivity (Wildman–Crippen MR) is 87.2 cm³/mol. The molecule has 1 heterocycles. The Labute approximate surface area is 132 Å². The molecule has 0 aromatic heterocycles. The van der Waals surface area contributed by atoms with Crippen LogP contribution in [0.4, 0.5) is 0 Å². The zero-order valence-corrected chi connectivity index (χ0v) is 14.8. The van der Waals surface area contributed by atoms with Crippen LogP contribution in [0.25, 0.3) is 0 Å². The molecular formula is C16H28N2O2S. The van der Waals surface area contributed by atoms with Crippen molar-refractivity contribution in [1.29, 1.82) is 0 Å². The van der Waals surface area contributed by atoms with E-state index in [2.05, 4.69) is 11.6 Å². The monoisotopic (exact) mass is 312 g/mol. The van der Waals surface area contributed by atoms with Gasteiger partial charge in [0.15, 0.2) is 0 Å². The lowest BCUT2D eigenvalue weighted by molar-refractivity contribution is -0.154. The second-order valence-corrected chi connectivity index (χ2v) is 9.12. The first-order valence-electron chi connectivity index (χ1n) is 7.77. The minimum absolute atomic E-state index is 0.00132. The van der Waals surface area contributed by atoms with Gasteiger partial charge < -0.3 is 10.2 Å². The van der Waals surface area contributed by atoms with Crippen LogP contribution in [0.5, 0.6) is 0 Å². The summed E-state index contributed by atoms with van der Waals surface area (Å²) in [5.74, 6) is 0.218. The Morgan fingerprint density at radius 1 is 1.33 bits per heavy atom. The van der Waals surface area contributed by atoms with Crippen molar-refractivity contribution in [3.63, 3.8) is 0 Å². The number of thioether (sulfide) groups is 1. The lowest BCUT2D eigenvalue weighted by Gasteiger charge is -2.45. The third-order valence-electron chi connectivity index (χ3n) is 4.62. The van der Waals surface area contributed by atoms with E-state index in [-0.39, 0.29) is 33.9 Å². The molecule has 1 saturated carbocycles. The molecule has 2 aliphatic rings. The molecule has 21 heavy (non-hydrogen) atoms. The minimum Gasteiger partial charge on any atom is -0.342 e. The first kappa shape index (κ1) is 16.7. The van der Waals surface area contributed by atoms with E-state index in [1.807, 2.05) is 51.3 Å². The van der Waals surface area contributed by atoms with Crippen LogP contribution < -0.4 is 5.32 Å². The third kappa shape index (κ3) is 3.22. The molecule has 5 heteroatoms. The Bertz CT molecular complexity index is 438. The Balaban J connectivity index is 2.29. The van der Waals surface area contributed by atoms with E-state index in [0.717, 1.165) is 12.8 Å². The van der Waals surface area contributed by atoms with Gasteiger partial charge >= 0.3 is 0 Å². The van der Waals surface area contributed by atoms with Gasteiger partial charge in [0, 0.05) is 11.3 Å². The van der Waals surface area contributed by atoms with Crippen LogP contribution in [0.1, 0.15) is 47.5 Å².